The van der Waals surface area contributed by atoms with Gasteiger partial charge in [0.05, 0.1) is 23.9 Å². The first kappa shape index (κ1) is 19.1. The first-order chi connectivity index (χ1) is 12.9. The zero-order valence-electron chi connectivity index (χ0n) is 15.7. The highest BCUT2D eigenvalue weighted by Gasteiger charge is 2.23. The average molecular weight is 373 g/mol. The molecule has 144 valence electrons. The maximum absolute atomic E-state index is 14.1. The molecule has 1 saturated heterocycles. The van der Waals surface area contributed by atoms with Crippen LogP contribution < -0.4 is 10.2 Å². The second-order valence-electron chi connectivity index (χ2n) is 7.01. The van der Waals surface area contributed by atoms with Crippen LogP contribution in [0.25, 0.3) is 11.2 Å². The number of hydrogen-bond donors (Lipinski definition) is 2. The molecule has 0 saturated carbocycles. The molecule has 1 unspecified atom stereocenters. The zero-order chi connectivity index (χ0) is 19.6. The number of nitrogens with zero attached hydrogens (tertiary/aromatic N) is 6. The van der Waals surface area contributed by atoms with Crippen LogP contribution in [0, 0.1) is 17.3 Å². The van der Waals surface area contributed by atoms with E-state index in [1.54, 1.807) is 6.92 Å². The van der Waals surface area contributed by atoms with Crippen LogP contribution in [0.5, 0.6) is 0 Å². The van der Waals surface area contributed by atoms with E-state index in [1.165, 1.54) is 16.8 Å². The molecule has 1 aliphatic heterocycles. The van der Waals surface area contributed by atoms with E-state index in [2.05, 4.69) is 21.4 Å². The lowest BCUT2D eigenvalue weighted by Gasteiger charge is -2.32. The van der Waals surface area contributed by atoms with Crippen LogP contribution in [0.3, 0.4) is 0 Å². The van der Waals surface area contributed by atoms with Crippen molar-refractivity contribution in [2.24, 2.45) is 0 Å². The van der Waals surface area contributed by atoms with Crippen LogP contribution in [0.2, 0.25) is 0 Å². The number of anilines is 1. The molecule has 0 bridgehead atoms. The summed E-state index contributed by atoms with van der Waals surface area (Å²) in [5, 5.41) is 22.6. The molecule has 9 heteroatoms. The first-order valence-corrected chi connectivity index (χ1v) is 8.88. The van der Waals surface area contributed by atoms with Crippen LogP contribution >= 0.6 is 0 Å². The molecule has 1 fully saturated rings. The number of rotatable bonds is 7. The van der Waals surface area contributed by atoms with E-state index >= 15 is 0 Å². The zero-order valence-corrected chi connectivity index (χ0v) is 15.7. The van der Waals surface area contributed by atoms with Gasteiger partial charge in [0.25, 0.3) is 0 Å². The number of nitrogens with one attached hydrogen (secondary N) is 1. The quantitative estimate of drug-likeness (QED) is 0.695. The van der Waals surface area contributed by atoms with Crippen molar-refractivity contribution >= 4 is 17.0 Å². The molecule has 0 amide bonds. The van der Waals surface area contributed by atoms with Crippen LogP contribution in [0.4, 0.5) is 10.2 Å². The Labute approximate surface area is 157 Å². The number of aromatic nitrogens is 3. The van der Waals surface area contributed by atoms with E-state index in [4.69, 9.17) is 0 Å². The lowest BCUT2D eigenvalue weighted by atomic mass is 10.1. The van der Waals surface area contributed by atoms with Crippen molar-refractivity contribution in [1.82, 2.24) is 24.6 Å². The van der Waals surface area contributed by atoms with E-state index < -0.39 is 12.1 Å². The number of aliphatic hydroxyl groups is 1. The summed E-state index contributed by atoms with van der Waals surface area (Å²) < 4.78 is 15.4. The van der Waals surface area contributed by atoms with Gasteiger partial charge < -0.3 is 20.2 Å². The molecule has 3 rings (SSSR count). The summed E-state index contributed by atoms with van der Waals surface area (Å²) in [6, 6.07) is 1.85. The van der Waals surface area contributed by atoms with Crippen molar-refractivity contribution in [3.05, 3.63) is 30.2 Å². The molecule has 2 aromatic rings. The minimum absolute atomic E-state index is 0.257. The van der Waals surface area contributed by atoms with Gasteiger partial charge in [-0.1, -0.05) is 0 Å². The van der Waals surface area contributed by atoms with Crippen LogP contribution in [0.1, 0.15) is 19.0 Å². The summed E-state index contributed by atoms with van der Waals surface area (Å²) in [6.45, 7) is 3.94. The molecule has 8 nitrogen and oxygen atoms in total. The monoisotopic (exact) mass is 373 g/mol. The van der Waals surface area contributed by atoms with Crippen molar-refractivity contribution in [2.45, 2.75) is 25.5 Å². The Balaban J connectivity index is 1.96. The molecule has 2 atom stereocenters. The third kappa shape index (κ3) is 4.02. The third-order valence-electron chi connectivity index (χ3n) is 4.57. The van der Waals surface area contributed by atoms with Crippen molar-refractivity contribution in [3.63, 3.8) is 0 Å². The molecule has 0 aromatic carbocycles. The largest absolute Gasteiger partial charge is 0.391 e. The summed E-state index contributed by atoms with van der Waals surface area (Å²) in [5.74, 6) is 0.0688. The molecular formula is C18H24FN7O. The molecule has 1 aliphatic rings. The number of aliphatic hydroxyl groups excluding tert-OH is 1. The molecule has 0 aliphatic carbocycles. The molecule has 0 radical (unpaired) electrons. The van der Waals surface area contributed by atoms with Crippen molar-refractivity contribution in [1.29, 1.82) is 5.26 Å². The smallest absolute Gasteiger partial charge is 0.218 e. The van der Waals surface area contributed by atoms with E-state index in [0.29, 0.717) is 23.7 Å². The predicted molar refractivity (Wildman–Crippen MR) is 101 cm³/mol. The highest BCUT2D eigenvalue weighted by molar-refractivity contribution is 5.77. The van der Waals surface area contributed by atoms with Gasteiger partial charge in [-0.15, -0.1) is 0 Å². The highest BCUT2D eigenvalue weighted by atomic mass is 19.1. The van der Waals surface area contributed by atoms with Gasteiger partial charge in [0.1, 0.15) is 11.8 Å². The number of imidazole rings is 1. The summed E-state index contributed by atoms with van der Waals surface area (Å²) in [6.07, 6.45) is 4.59. The minimum Gasteiger partial charge on any atom is -0.391 e. The van der Waals surface area contributed by atoms with Crippen LogP contribution in [-0.4, -0.2) is 70.3 Å². The van der Waals surface area contributed by atoms with Gasteiger partial charge in [0, 0.05) is 32.0 Å². The Morgan fingerprint density at radius 3 is 2.81 bits per heavy atom. The van der Waals surface area contributed by atoms with Gasteiger partial charge >= 0.3 is 0 Å². The Morgan fingerprint density at radius 1 is 1.52 bits per heavy atom. The average Bonchev–Trinajstić information content (AvgIpc) is 2.94. The number of likely N-dealkylation sites (N-methyl/N-ethyl adjacent to an activating group) is 1. The van der Waals surface area contributed by atoms with Gasteiger partial charge in [0.15, 0.2) is 11.5 Å². The van der Waals surface area contributed by atoms with Gasteiger partial charge in [-0.3, -0.25) is 4.40 Å². The van der Waals surface area contributed by atoms with Crippen molar-refractivity contribution in [3.8, 4) is 6.07 Å². The molecule has 0 spiro atoms. The fourth-order valence-electron chi connectivity index (χ4n) is 2.91. The number of allylic oxidation sites excluding steroid dienone is 1. The fourth-order valence-corrected chi connectivity index (χ4v) is 2.91. The molecule has 3 heterocycles. The molecular weight excluding hydrogens is 349 g/mol. The van der Waals surface area contributed by atoms with E-state index in [-0.39, 0.29) is 11.6 Å². The van der Waals surface area contributed by atoms with Gasteiger partial charge in [-0.05, 0) is 27.4 Å². The maximum Gasteiger partial charge on any atom is 0.218 e. The topological polar surface area (TPSA) is 92.7 Å². The Hall–Kier alpha value is -2.70. The standard InChI is InChI=1S/C18H24FN7O/c1-12(27)14(10-24(2)3)21-8-13(7-20)15-11-26-16(19)9-22-17(26)18(23-15)25-5-4-6-25/h8-9,11-12,14,21,27H,4-6,10H2,1-3H3/b13-8+/t12?,14-/m1/s1. The summed E-state index contributed by atoms with van der Waals surface area (Å²) >= 11 is 0. The van der Waals surface area contributed by atoms with Crippen LogP contribution in [-0.2, 0) is 0 Å². The lowest BCUT2D eigenvalue weighted by molar-refractivity contribution is 0.135. The minimum atomic E-state index is -0.609. The van der Waals surface area contributed by atoms with Gasteiger partial charge in [0.2, 0.25) is 5.95 Å². The third-order valence-corrected chi connectivity index (χ3v) is 4.57. The first-order valence-electron chi connectivity index (χ1n) is 8.88. The molecule has 2 aromatic heterocycles. The number of nitriles is 1. The van der Waals surface area contributed by atoms with Crippen molar-refractivity contribution in [2.75, 3.05) is 38.6 Å². The maximum atomic E-state index is 14.1. The van der Waals surface area contributed by atoms with E-state index in [0.717, 1.165) is 25.7 Å². The Morgan fingerprint density at radius 2 is 2.26 bits per heavy atom. The Kier molecular flexibility index (Phi) is 5.58. The van der Waals surface area contributed by atoms with Crippen molar-refractivity contribution < 1.29 is 9.50 Å². The van der Waals surface area contributed by atoms with Crippen LogP contribution in [0.15, 0.2) is 18.6 Å². The predicted octanol–water partition coefficient (Wildman–Crippen LogP) is 0.844. The molecule has 2 N–H and O–H groups in total. The number of hydrogen-bond acceptors (Lipinski definition) is 7. The second kappa shape index (κ2) is 7.90. The lowest BCUT2D eigenvalue weighted by Crippen LogP contribution is -2.43. The van der Waals surface area contributed by atoms with Gasteiger partial charge in [-0.25, -0.2) is 9.97 Å². The molecule has 27 heavy (non-hydrogen) atoms. The van der Waals surface area contributed by atoms with E-state index in [1.807, 2.05) is 23.9 Å². The highest BCUT2D eigenvalue weighted by Crippen LogP contribution is 2.26. The fraction of sp³-hybridized carbons (Fsp3) is 0.500. The normalized spacial score (nSPS) is 16.9. The SMILES string of the molecule is CC(O)[C@@H](CN(C)C)N/C=C(\C#N)c1cn2c(F)cnc2c(N2CCC2)n1. The summed E-state index contributed by atoms with van der Waals surface area (Å²) in [7, 11) is 3.81. The summed E-state index contributed by atoms with van der Waals surface area (Å²) in [5.41, 5.74) is 1.05. The second-order valence-corrected chi connectivity index (χ2v) is 7.01. The summed E-state index contributed by atoms with van der Waals surface area (Å²) in [4.78, 5) is 12.6. The van der Waals surface area contributed by atoms with Gasteiger partial charge in [-0.2, -0.15) is 9.65 Å². The number of fused-ring (bicyclic) bond motifs is 1. The Bertz CT molecular complexity index is 880. The van der Waals surface area contributed by atoms with E-state index in [9.17, 15) is 14.8 Å². The number of halogens is 1.